The van der Waals surface area contributed by atoms with E-state index < -0.39 is 17.3 Å². The second-order valence-electron chi connectivity index (χ2n) is 8.64. The first-order chi connectivity index (χ1) is 15.1. The second-order valence-corrected chi connectivity index (χ2v) is 8.64. The third kappa shape index (κ3) is 4.47. The van der Waals surface area contributed by atoms with Crippen molar-refractivity contribution < 1.29 is 32.5 Å². The SMILES string of the molecule is Cc1cc(C2(O)COC2)cc(C)c1C(=O)N1CCC(Oc2ccc(C(F)(F)F)cc2)CC1. The Morgan fingerprint density at radius 3 is 2.12 bits per heavy atom. The molecule has 0 saturated carbocycles. The van der Waals surface area contributed by atoms with Crippen LogP contribution in [0.5, 0.6) is 5.75 Å². The lowest BCUT2D eigenvalue weighted by Gasteiger charge is -2.37. The van der Waals surface area contributed by atoms with E-state index in [9.17, 15) is 23.1 Å². The third-order valence-corrected chi connectivity index (χ3v) is 6.18. The summed E-state index contributed by atoms with van der Waals surface area (Å²) in [7, 11) is 0. The number of benzene rings is 2. The molecule has 5 nitrogen and oxygen atoms in total. The number of hydrogen-bond acceptors (Lipinski definition) is 4. The van der Waals surface area contributed by atoms with E-state index in [4.69, 9.17) is 9.47 Å². The number of piperidine rings is 1. The summed E-state index contributed by atoms with van der Waals surface area (Å²) in [5, 5.41) is 10.5. The van der Waals surface area contributed by atoms with Crippen molar-refractivity contribution in [2.24, 2.45) is 0 Å². The number of hydrogen-bond donors (Lipinski definition) is 1. The maximum Gasteiger partial charge on any atom is 0.416 e. The van der Waals surface area contributed by atoms with Gasteiger partial charge in [0.2, 0.25) is 0 Å². The molecule has 1 amide bonds. The molecule has 1 N–H and O–H groups in total. The number of amides is 1. The minimum absolute atomic E-state index is 0.0589. The van der Waals surface area contributed by atoms with Crippen LogP contribution in [0.25, 0.3) is 0 Å². The van der Waals surface area contributed by atoms with Crippen LogP contribution in [0.2, 0.25) is 0 Å². The molecule has 2 aliphatic rings. The van der Waals surface area contributed by atoms with Gasteiger partial charge in [-0.25, -0.2) is 0 Å². The zero-order chi connectivity index (χ0) is 23.1. The van der Waals surface area contributed by atoms with Crippen molar-refractivity contribution in [3.05, 3.63) is 64.2 Å². The van der Waals surface area contributed by atoms with E-state index in [1.54, 1.807) is 4.90 Å². The molecule has 2 aromatic rings. The van der Waals surface area contributed by atoms with Crippen LogP contribution in [-0.2, 0) is 16.5 Å². The zero-order valence-electron chi connectivity index (χ0n) is 18.0. The van der Waals surface area contributed by atoms with Gasteiger partial charge in [0.15, 0.2) is 0 Å². The molecule has 2 aliphatic heterocycles. The summed E-state index contributed by atoms with van der Waals surface area (Å²) in [5.41, 5.74) is 1.34. The van der Waals surface area contributed by atoms with E-state index in [2.05, 4.69) is 0 Å². The first-order valence-corrected chi connectivity index (χ1v) is 10.6. The van der Waals surface area contributed by atoms with E-state index in [1.807, 2.05) is 26.0 Å². The average Bonchev–Trinajstić information content (AvgIpc) is 2.71. The predicted molar refractivity (Wildman–Crippen MR) is 112 cm³/mol. The van der Waals surface area contributed by atoms with Crippen LogP contribution >= 0.6 is 0 Å². The van der Waals surface area contributed by atoms with Crippen molar-refractivity contribution in [1.82, 2.24) is 4.90 Å². The Morgan fingerprint density at radius 2 is 1.66 bits per heavy atom. The van der Waals surface area contributed by atoms with Crippen LogP contribution in [0, 0.1) is 13.8 Å². The van der Waals surface area contributed by atoms with Gasteiger partial charge in [-0.1, -0.05) is 12.1 Å². The fourth-order valence-electron chi connectivity index (χ4n) is 4.28. The number of nitrogens with zero attached hydrogens (tertiary/aromatic N) is 1. The van der Waals surface area contributed by atoms with Gasteiger partial charge >= 0.3 is 6.18 Å². The van der Waals surface area contributed by atoms with Gasteiger partial charge in [0, 0.05) is 31.5 Å². The number of aryl methyl sites for hydroxylation is 2. The number of likely N-dealkylation sites (tertiary alicyclic amines) is 1. The summed E-state index contributed by atoms with van der Waals surface area (Å²) in [4.78, 5) is 15.0. The normalized spacial score (nSPS) is 18.9. The topological polar surface area (TPSA) is 59.0 Å². The van der Waals surface area contributed by atoms with Crippen molar-refractivity contribution in [1.29, 1.82) is 0 Å². The summed E-state index contributed by atoms with van der Waals surface area (Å²) in [6.07, 6.45) is -3.34. The van der Waals surface area contributed by atoms with Crippen molar-refractivity contribution in [3.63, 3.8) is 0 Å². The van der Waals surface area contributed by atoms with Gasteiger partial charge in [-0.3, -0.25) is 4.79 Å². The fraction of sp³-hybridized carbons (Fsp3) is 0.458. The Bertz CT molecular complexity index is 968. The van der Waals surface area contributed by atoms with Crippen molar-refractivity contribution in [3.8, 4) is 5.75 Å². The van der Waals surface area contributed by atoms with Crippen molar-refractivity contribution in [2.45, 2.75) is 44.6 Å². The van der Waals surface area contributed by atoms with Gasteiger partial charge in [-0.15, -0.1) is 0 Å². The molecule has 2 fully saturated rings. The van der Waals surface area contributed by atoms with Crippen LogP contribution in [-0.4, -0.2) is 48.3 Å². The van der Waals surface area contributed by atoms with Crippen LogP contribution in [0.1, 0.15) is 45.5 Å². The zero-order valence-corrected chi connectivity index (χ0v) is 18.0. The Hall–Kier alpha value is -2.58. The third-order valence-electron chi connectivity index (χ3n) is 6.18. The van der Waals surface area contributed by atoms with Gasteiger partial charge in [0.25, 0.3) is 5.91 Å². The van der Waals surface area contributed by atoms with Gasteiger partial charge < -0.3 is 19.5 Å². The maximum absolute atomic E-state index is 13.2. The van der Waals surface area contributed by atoms with Crippen molar-refractivity contribution >= 4 is 5.91 Å². The van der Waals surface area contributed by atoms with Gasteiger partial charge in [0.1, 0.15) is 17.5 Å². The van der Waals surface area contributed by atoms with E-state index in [1.165, 1.54) is 12.1 Å². The Kier molecular flexibility index (Phi) is 5.94. The quantitative estimate of drug-likeness (QED) is 0.759. The molecule has 172 valence electrons. The van der Waals surface area contributed by atoms with E-state index >= 15 is 0 Å². The van der Waals surface area contributed by atoms with E-state index in [0.717, 1.165) is 28.8 Å². The minimum atomic E-state index is -4.37. The van der Waals surface area contributed by atoms with Gasteiger partial charge in [-0.05, 0) is 54.8 Å². The summed E-state index contributed by atoms with van der Waals surface area (Å²) < 4.78 is 49.1. The monoisotopic (exact) mass is 449 g/mol. The van der Waals surface area contributed by atoms with Crippen molar-refractivity contribution in [2.75, 3.05) is 26.3 Å². The summed E-state index contributed by atoms with van der Waals surface area (Å²) >= 11 is 0. The standard InChI is InChI=1S/C24H26F3NO4/c1-15-11-18(23(30)13-31-14-23)12-16(2)21(15)22(29)28-9-7-20(8-10-28)32-19-5-3-17(4-6-19)24(25,26)27/h3-6,11-12,20,30H,7-10,13-14H2,1-2H3. The molecule has 32 heavy (non-hydrogen) atoms. The molecule has 0 unspecified atom stereocenters. The molecule has 0 atom stereocenters. The number of carbonyl (C=O) groups excluding carboxylic acids is 1. The molecule has 4 rings (SSSR count). The molecule has 0 radical (unpaired) electrons. The maximum atomic E-state index is 13.2. The predicted octanol–water partition coefficient (Wildman–Crippen LogP) is 4.22. The minimum Gasteiger partial charge on any atom is -0.490 e. The Labute approximate surface area is 184 Å². The second kappa shape index (κ2) is 8.41. The number of halogens is 3. The van der Waals surface area contributed by atoms with Crippen LogP contribution < -0.4 is 4.74 Å². The molecule has 8 heteroatoms. The molecule has 0 spiro atoms. The van der Waals surface area contributed by atoms with E-state index in [0.29, 0.717) is 37.2 Å². The molecule has 0 aromatic heterocycles. The molecule has 2 saturated heterocycles. The highest BCUT2D eigenvalue weighted by Gasteiger charge is 2.39. The first-order valence-electron chi connectivity index (χ1n) is 10.6. The van der Waals surface area contributed by atoms with Crippen LogP contribution in [0.3, 0.4) is 0 Å². The lowest BCUT2D eigenvalue weighted by Crippen LogP contribution is -2.46. The van der Waals surface area contributed by atoms with Crippen LogP contribution in [0.4, 0.5) is 13.2 Å². The van der Waals surface area contributed by atoms with E-state index in [-0.39, 0.29) is 25.2 Å². The molecular formula is C24H26F3NO4. The highest BCUT2D eigenvalue weighted by Crippen LogP contribution is 2.33. The molecular weight excluding hydrogens is 423 g/mol. The summed E-state index contributed by atoms with van der Waals surface area (Å²) in [6.45, 7) is 5.25. The van der Waals surface area contributed by atoms with Gasteiger partial charge in [0.05, 0.1) is 18.8 Å². The highest BCUT2D eigenvalue weighted by atomic mass is 19.4. The number of carbonyl (C=O) groups is 1. The number of ether oxygens (including phenoxy) is 2. The first kappa shape index (κ1) is 22.6. The smallest absolute Gasteiger partial charge is 0.416 e. The molecule has 2 aromatic carbocycles. The summed E-state index contributed by atoms with van der Waals surface area (Å²) in [6, 6.07) is 8.38. The molecule has 2 heterocycles. The van der Waals surface area contributed by atoms with Crippen LogP contribution in [0.15, 0.2) is 36.4 Å². The highest BCUT2D eigenvalue weighted by molar-refractivity contribution is 5.97. The largest absolute Gasteiger partial charge is 0.490 e. The lowest BCUT2D eigenvalue weighted by atomic mass is 9.87. The van der Waals surface area contributed by atoms with Gasteiger partial charge in [-0.2, -0.15) is 13.2 Å². The number of alkyl halides is 3. The average molecular weight is 449 g/mol. The number of aliphatic hydroxyl groups is 1. The molecule has 0 aliphatic carbocycles. The fourth-order valence-corrected chi connectivity index (χ4v) is 4.28. The molecule has 0 bridgehead atoms. The lowest BCUT2D eigenvalue weighted by molar-refractivity contribution is -0.184. The number of rotatable bonds is 4. The Morgan fingerprint density at radius 1 is 1.09 bits per heavy atom. The Balaban J connectivity index is 1.37. The summed E-state index contributed by atoms with van der Waals surface area (Å²) in [5.74, 6) is 0.333.